The molecule has 2 heterocycles. The summed E-state index contributed by atoms with van der Waals surface area (Å²) in [4.78, 5) is 2.41. The zero-order valence-electron chi connectivity index (χ0n) is 35.4. The third-order valence-corrected chi connectivity index (χ3v) is 13.2. The van der Waals surface area contributed by atoms with E-state index < -0.39 is 0 Å². The Morgan fingerprint density at radius 2 is 0.908 bits per heavy atom. The topological polar surface area (TPSA) is 21.3 Å². The normalized spacial score (nSPS) is 11.7. The van der Waals surface area contributed by atoms with Gasteiger partial charge in [0.25, 0.3) is 0 Å². The summed E-state index contributed by atoms with van der Waals surface area (Å²) in [5, 5.41) is 9.73. The zero-order valence-corrected chi connectivity index (χ0v) is 35.4. The van der Waals surface area contributed by atoms with Gasteiger partial charge in [0.15, 0.2) is 0 Å². The molecule has 13 aromatic rings. The highest BCUT2D eigenvalue weighted by atomic mass is 16.3. The number of hydrogen-bond acceptors (Lipinski definition) is 2. The van der Waals surface area contributed by atoms with E-state index in [4.69, 9.17) is 4.42 Å². The van der Waals surface area contributed by atoms with Crippen LogP contribution < -0.4 is 4.90 Å². The van der Waals surface area contributed by atoms with Gasteiger partial charge >= 0.3 is 0 Å². The van der Waals surface area contributed by atoms with Gasteiger partial charge in [-0.2, -0.15) is 0 Å². The number of nitrogens with zero attached hydrogens (tertiary/aromatic N) is 2. The summed E-state index contributed by atoms with van der Waals surface area (Å²) in [6.07, 6.45) is 0. The van der Waals surface area contributed by atoms with E-state index in [9.17, 15) is 0 Å². The Hall–Kier alpha value is -8.66. The van der Waals surface area contributed by atoms with Crippen molar-refractivity contribution in [1.82, 2.24) is 4.57 Å². The predicted molar refractivity (Wildman–Crippen MR) is 274 cm³/mol. The molecule has 0 aliphatic heterocycles. The molecule has 0 aliphatic carbocycles. The van der Waals surface area contributed by atoms with Gasteiger partial charge in [-0.25, -0.2) is 0 Å². The fourth-order valence-corrected chi connectivity index (χ4v) is 10.2. The van der Waals surface area contributed by atoms with Crippen LogP contribution in [0.15, 0.2) is 247 Å². The van der Waals surface area contributed by atoms with Crippen LogP contribution in [0.3, 0.4) is 0 Å². The molecule has 2 aromatic heterocycles. The summed E-state index contributed by atoms with van der Waals surface area (Å²) in [5.74, 6) is 0. The highest BCUT2D eigenvalue weighted by Gasteiger charge is 2.21. The van der Waals surface area contributed by atoms with Gasteiger partial charge in [-0.05, 0) is 98.9 Å². The Kier molecular flexibility index (Phi) is 8.53. The summed E-state index contributed by atoms with van der Waals surface area (Å²) >= 11 is 0. The molecule has 0 saturated carbocycles. The Bertz CT molecular complexity index is 3910. The van der Waals surface area contributed by atoms with Crippen molar-refractivity contribution in [2.24, 2.45) is 0 Å². The SMILES string of the molecule is c1cc(-c2cccc3c2oc2ccccc23)cc(N(c2ccc(-c3ccccc3-n3c4ccccc4c4ccccc43)cc2)c2ccccc2-c2ccc3c(ccc4ccccc43)c2)c1. The second-order valence-electron chi connectivity index (χ2n) is 16.8. The maximum absolute atomic E-state index is 6.57. The van der Waals surface area contributed by atoms with Crippen LogP contribution in [-0.4, -0.2) is 4.57 Å². The van der Waals surface area contributed by atoms with Crippen LogP contribution in [0.4, 0.5) is 17.1 Å². The van der Waals surface area contributed by atoms with Crippen LogP contribution in [0.1, 0.15) is 0 Å². The molecule has 13 rings (SSSR count). The molecule has 0 amide bonds. The highest BCUT2D eigenvalue weighted by Crippen LogP contribution is 2.45. The van der Waals surface area contributed by atoms with E-state index in [2.05, 4.69) is 246 Å². The van der Waals surface area contributed by atoms with Crippen LogP contribution in [0, 0.1) is 0 Å². The fraction of sp³-hybridized carbons (Fsp3) is 0. The fourth-order valence-electron chi connectivity index (χ4n) is 10.2. The molecule has 0 N–H and O–H groups in total. The van der Waals surface area contributed by atoms with E-state index in [1.54, 1.807) is 0 Å². The van der Waals surface area contributed by atoms with Crippen molar-refractivity contribution in [3.05, 3.63) is 243 Å². The summed E-state index contributed by atoms with van der Waals surface area (Å²) in [6.45, 7) is 0. The number of rotatable bonds is 7. The molecular weight excluding hydrogens is 789 g/mol. The molecule has 3 heteroatoms. The van der Waals surface area contributed by atoms with Crippen molar-refractivity contribution in [1.29, 1.82) is 0 Å². The van der Waals surface area contributed by atoms with Gasteiger partial charge in [0.1, 0.15) is 11.2 Å². The van der Waals surface area contributed by atoms with Crippen LogP contribution in [0.5, 0.6) is 0 Å². The first kappa shape index (κ1) is 36.9. The maximum atomic E-state index is 6.57. The molecule has 0 atom stereocenters. The standard InChI is InChI=1S/C62H40N2O/c1-2-18-48-41(15-1)31-32-44-39-45(35-38-49(44)48)51-20-4-8-26-57(51)63(47-17-13-16-43(40-47)52-24-14-25-56-55-23-7-12-30-61(55)65-62(52)56)46-36-33-42(34-37-46)50-19-3-9-27-58(50)64-59-28-10-5-21-53(59)54-22-6-11-29-60(54)64/h1-40H. The van der Waals surface area contributed by atoms with Gasteiger partial charge in [0.2, 0.25) is 0 Å². The lowest BCUT2D eigenvalue weighted by Gasteiger charge is -2.28. The van der Waals surface area contributed by atoms with E-state index in [0.29, 0.717) is 0 Å². The molecule has 0 bridgehead atoms. The van der Waals surface area contributed by atoms with Crippen LogP contribution in [0.2, 0.25) is 0 Å². The van der Waals surface area contributed by atoms with E-state index in [1.165, 1.54) is 48.9 Å². The molecule has 0 fully saturated rings. The Labute approximate surface area is 376 Å². The van der Waals surface area contributed by atoms with Crippen molar-refractivity contribution >= 4 is 82.4 Å². The van der Waals surface area contributed by atoms with Crippen molar-refractivity contribution in [3.63, 3.8) is 0 Å². The van der Waals surface area contributed by atoms with E-state index in [1.807, 2.05) is 6.07 Å². The average Bonchev–Trinajstić information content (AvgIpc) is 3.93. The Morgan fingerprint density at radius 1 is 0.323 bits per heavy atom. The molecule has 3 nitrogen and oxygen atoms in total. The largest absolute Gasteiger partial charge is 0.455 e. The van der Waals surface area contributed by atoms with Gasteiger partial charge in [0, 0.05) is 49.6 Å². The van der Waals surface area contributed by atoms with E-state index in [0.717, 1.165) is 72.5 Å². The maximum Gasteiger partial charge on any atom is 0.143 e. The lowest BCUT2D eigenvalue weighted by molar-refractivity contribution is 0.670. The first-order valence-corrected chi connectivity index (χ1v) is 22.2. The van der Waals surface area contributed by atoms with Crippen LogP contribution in [0.25, 0.3) is 104 Å². The van der Waals surface area contributed by atoms with Gasteiger partial charge in [0.05, 0.1) is 22.4 Å². The monoisotopic (exact) mass is 828 g/mol. The molecule has 0 aliphatic rings. The van der Waals surface area contributed by atoms with Gasteiger partial charge in [-0.3, -0.25) is 0 Å². The molecule has 0 radical (unpaired) electrons. The Balaban J connectivity index is 0.979. The minimum Gasteiger partial charge on any atom is -0.455 e. The van der Waals surface area contributed by atoms with Crippen molar-refractivity contribution in [2.45, 2.75) is 0 Å². The number of furan rings is 1. The minimum absolute atomic E-state index is 0.893. The number of para-hydroxylation sites is 6. The van der Waals surface area contributed by atoms with Gasteiger partial charge in [-0.15, -0.1) is 0 Å². The summed E-state index contributed by atoms with van der Waals surface area (Å²) in [5.41, 5.74) is 15.3. The lowest BCUT2D eigenvalue weighted by atomic mass is 9.95. The van der Waals surface area contributed by atoms with E-state index >= 15 is 0 Å². The van der Waals surface area contributed by atoms with Gasteiger partial charge < -0.3 is 13.9 Å². The first-order valence-electron chi connectivity index (χ1n) is 22.2. The number of fused-ring (bicyclic) bond motifs is 9. The second-order valence-corrected chi connectivity index (χ2v) is 16.8. The lowest BCUT2D eigenvalue weighted by Crippen LogP contribution is -2.11. The highest BCUT2D eigenvalue weighted by molar-refractivity contribution is 6.12. The van der Waals surface area contributed by atoms with E-state index in [-0.39, 0.29) is 0 Å². The van der Waals surface area contributed by atoms with Crippen LogP contribution in [-0.2, 0) is 0 Å². The molecule has 0 saturated heterocycles. The average molecular weight is 829 g/mol. The number of benzene rings is 11. The smallest absolute Gasteiger partial charge is 0.143 e. The minimum atomic E-state index is 0.893. The molecule has 0 unspecified atom stereocenters. The molecule has 304 valence electrons. The predicted octanol–water partition coefficient (Wildman–Crippen LogP) is 17.5. The van der Waals surface area contributed by atoms with Gasteiger partial charge in [-0.1, -0.05) is 182 Å². The summed E-state index contributed by atoms with van der Waals surface area (Å²) < 4.78 is 8.98. The molecule has 65 heavy (non-hydrogen) atoms. The second kappa shape index (κ2) is 15.0. The van der Waals surface area contributed by atoms with Crippen molar-refractivity contribution in [3.8, 4) is 39.1 Å². The summed E-state index contributed by atoms with van der Waals surface area (Å²) in [6, 6.07) is 87.8. The third kappa shape index (κ3) is 6.05. The molecular formula is C62H40N2O. The first-order chi connectivity index (χ1) is 32.2. The quantitative estimate of drug-likeness (QED) is 0.149. The van der Waals surface area contributed by atoms with Crippen molar-refractivity contribution in [2.75, 3.05) is 4.90 Å². The van der Waals surface area contributed by atoms with Crippen molar-refractivity contribution < 1.29 is 4.42 Å². The van der Waals surface area contributed by atoms with Crippen LogP contribution >= 0.6 is 0 Å². The Morgan fingerprint density at radius 3 is 1.74 bits per heavy atom. The zero-order chi connectivity index (χ0) is 42.8. The number of hydrogen-bond donors (Lipinski definition) is 0. The molecule has 0 spiro atoms. The number of aromatic nitrogens is 1. The number of anilines is 3. The molecule has 11 aromatic carbocycles. The third-order valence-electron chi connectivity index (χ3n) is 13.2. The summed E-state index contributed by atoms with van der Waals surface area (Å²) in [7, 11) is 0.